The molecule has 0 amide bonds. The maximum atomic E-state index is 11.2. The molecule has 0 rings (SSSR count). The smallest absolute Gasteiger partial charge is 0.330 e. The molecule has 0 saturated heterocycles. The first-order chi connectivity index (χ1) is 8.94. The van der Waals surface area contributed by atoms with Crippen molar-refractivity contribution in [3.8, 4) is 0 Å². The van der Waals surface area contributed by atoms with Crippen molar-refractivity contribution in [3.63, 3.8) is 0 Å². The van der Waals surface area contributed by atoms with Crippen molar-refractivity contribution in [1.29, 1.82) is 0 Å². The molecule has 0 aromatic carbocycles. The lowest BCUT2D eigenvalue weighted by Crippen LogP contribution is -2.05. The molecule has 0 N–H and O–H groups in total. The molecule has 4 heteroatoms. The van der Waals surface area contributed by atoms with Crippen LogP contribution in [0.4, 0.5) is 0 Å². The molecular formula is C15H24O4. The van der Waals surface area contributed by atoms with Gasteiger partial charge in [0.15, 0.2) is 0 Å². The number of hydrogen-bond acceptors (Lipinski definition) is 4. The largest absolute Gasteiger partial charge is 0.469 e. The third-order valence-corrected chi connectivity index (χ3v) is 3.09. The highest BCUT2D eigenvalue weighted by atomic mass is 16.5. The van der Waals surface area contributed by atoms with E-state index in [1.807, 2.05) is 19.9 Å². The SMILES string of the molecule is CCC(CC=C(C)CC(=O)OC)C(C)=CC(=O)OC. The van der Waals surface area contributed by atoms with Crippen molar-refractivity contribution in [1.82, 2.24) is 0 Å². The van der Waals surface area contributed by atoms with E-state index in [-0.39, 0.29) is 17.9 Å². The first kappa shape index (κ1) is 17.4. The van der Waals surface area contributed by atoms with Crippen molar-refractivity contribution in [2.45, 2.75) is 40.0 Å². The molecule has 0 fully saturated rings. The van der Waals surface area contributed by atoms with Crippen LogP contribution in [-0.4, -0.2) is 26.2 Å². The fourth-order valence-corrected chi connectivity index (χ4v) is 1.75. The van der Waals surface area contributed by atoms with Gasteiger partial charge in [-0.2, -0.15) is 0 Å². The first-order valence-electron chi connectivity index (χ1n) is 6.43. The summed E-state index contributed by atoms with van der Waals surface area (Å²) in [5.74, 6) is -0.276. The van der Waals surface area contributed by atoms with Crippen LogP contribution < -0.4 is 0 Å². The van der Waals surface area contributed by atoms with Crippen LogP contribution in [0.1, 0.15) is 40.0 Å². The van der Waals surface area contributed by atoms with Gasteiger partial charge in [0.05, 0.1) is 20.6 Å². The van der Waals surface area contributed by atoms with Gasteiger partial charge in [0.2, 0.25) is 0 Å². The molecule has 0 aliphatic heterocycles. The Morgan fingerprint density at radius 3 is 2.26 bits per heavy atom. The lowest BCUT2D eigenvalue weighted by Gasteiger charge is -2.13. The molecular weight excluding hydrogens is 244 g/mol. The van der Waals surface area contributed by atoms with Gasteiger partial charge in [-0.15, -0.1) is 0 Å². The van der Waals surface area contributed by atoms with Gasteiger partial charge in [0, 0.05) is 6.08 Å². The third kappa shape index (κ3) is 7.44. The average Bonchev–Trinajstić information content (AvgIpc) is 2.38. The maximum Gasteiger partial charge on any atom is 0.330 e. The summed E-state index contributed by atoms with van der Waals surface area (Å²) >= 11 is 0. The number of esters is 2. The molecule has 4 nitrogen and oxygen atoms in total. The minimum Gasteiger partial charge on any atom is -0.469 e. The van der Waals surface area contributed by atoms with E-state index >= 15 is 0 Å². The molecule has 0 bridgehead atoms. The predicted molar refractivity (Wildman–Crippen MR) is 74.6 cm³/mol. The van der Waals surface area contributed by atoms with Gasteiger partial charge in [-0.1, -0.05) is 24.1 Å². The zero-order chi connectivity index (χ0) is 14.8. The Morgan fingerprint density at radius 1 is 1.16 bits per heavy atom. The fraction of sp³-hybridized carbons (Fsp3) is 0.600. The van der Waals surface area contributed by atoms with Gasteiger partial charge in [-0.25, -0.2) is 4.79 Å². The monoisotopic (exact) mass is 268 g/mol. The zero-order valence-corrected chi connectivity index (χ0v) is 12.5. The van der Waals surface area contributed by atoms with Crippen LogP contribution in [0.5, 0.6) is 0 Å². The quantitative estimate of drug-likeness (QED) is 0.404. The molecule has 1 unspecified atom stereocenters. The highest BCUT2D eigenvalue weighted by Gasteiger charge is 2.10. The van der Waals surface area contributed by atoms with E-state index in [4.69, 9.17) is 0 Å². The van der Waals surface area contributed by atoms with E-state index in [2.05, 4.69) is 16.4 Å². The summed E-state index contributed by atoms with van der Waals surface area (Å²) < 4.78 is 9.23. The van der Waals surface area contributed by atoms with Crippen LogP contribution in [0, 0.1) is 5.92 Å². The molecule has 0 spiro atoms. The lowest BCUT2D eigenvalue weighted by atomic mass is 9.92. The topological polar surface area (TPSA) is 52.6 Å². The second kappa shape index (κ2) is 9.36. The van der Waals surface area contributed by atoms with Crippen molar-refractivity contribution in [2.24, 2.45) is 5.92 Å². The summed E-state index contributed by atoms with van der Waals surface area (Å²) in [6.45, 7) is 5.90. The van der Waals surface area contributed by atoms with E-state index in [0.29, 0.717) is 6.42 Å². The summed E-state index contributed by atoms with van der Waals surface area (Å²) in [5.41, 5.74) is 1.98. The second-order valence-corrected chi connectivity index (χ2v) is 4.56. The number of methoxy groups -OCH3 is 2. The summed E-state index contributed by atoms with van der Waals surface area (Å²) in [7, 11) is 2.75. The van der Waals surface area contributed by atoms with Crippen LogP contribution in [-0.2, 0) is 19.1 Å². The lowest BCUT2D eigenvalue weighted by molar-refractivity contribution is -0.139. The molecule has 0 aliphatic rings. The standard InChI is InChI=1S/C15H24O4/c1-6-13(12(3)10-15(17)19-5)8-7-11(2)9-14(16)18-4/h7,10,13H,6,8-9H2,1-5H3. The normalized spacial score (nSPS) is 13.9. The Kier molecular flexibility index (Phi) is 8.58. The number of ether oxygens (including phenoxy) is 2. The van der Waals surface area contributed by atoms with Crippen molar-refractivity contribution in [3.05, 3.63) is 23.3 Å². The zero-order valence-electron chi connectivity index (χ0n) is 12.5. The Balaban J connectivity index is 4.56. The Hall–Kier alpha value is -1.58. The van der Waals surface area contributed by atoms with Crippen LogP contribution in [0.2, 0.25) is 0 Å². The Labute approximate surface area is 115 Å². The van der Waals surface area contributed by atoms with E-state index in [9.17, 15) is 9.59 Å². The van der Waals surface area contributed by atoms with Gasteiger partial charge < -0.3 is 9.47 Å². The number of allylic oxidation sites excluding steroid dienone is 2. The number of rotatable bonds is 7. The Morgan fingerprint density at radius 2 is 1.79 bits per heavy atom. The minimum atomic E-state index is -0.328. The summed E-state index contributed by atoms with van der Waals surface area (Å²) in [5, 5.41) is 0. The molecule has 0 aliphatic carbocycles. The van der Waals surface area contributed by atoms with Crippen LogP contribution in [0.25, 0.3) is 0 Å². The first-order valence-corrected chi connectivity index (χ1v) is 6.43. The summed E-state index contributed by atoms with van der Waals surface area (Å²) in [4.78, 5) is 22.3. The molecule has 19 heavy (non-hydrogen) atoms. The van der Waals surface area contributed by atoms with E-state index < -0.39 is 0 Å². The van der Waals surface area contributed by atoms with Gasteiger partial charge in [-0.3, -0.25) is 4.79 Å². The highest BCUT2D eigenvalue weighted by molar-refractivity contribution is 5.82. The highest BCUT2D eigenvalue weighted by Crippen LogP contribution is 2.20. The number of hydrogen-bond donors (Lipinski definition) is 0. The van der Waals surface area contributed by atoms with Gasteiger partial charge >= 0.3 is 11.9 Å². The van der Waals surface area contributed by atoms with Gasteiger partial charge in [0.25, 0.3) is 0 Å². The minimum absolute atomic E-state index is 0.233. The van der Waals surface area contributed by atoms with Crippen molar-refractivity contribution in [2.75, 3.05) is 14.2 Å². The van der Waals surface area contributed by atoms with E-state index in [0.717, 1.165) is 24.0 Å². The van der Waals surface area contributed by atoms with E-state index in [1.54, 1.807) is 0 Å². The average molecular weight is 268 g/mol. The molecule has 0 saturated carbocycles. The number of carbonyl (C=O) groups excluding carboxylic acids is 2. The van der Waals surface area contributed by atoms with Crippen LogP contribution >= 0.6 is 0 Å². The molecule has 0 heterocycles. The van der Waals surface area contributed by atoms with Crippen molar-refractivity contribution < 1.29 is 19.1 Å². The molecule has 108 valence electrons. The molecule has 0 aromatic rings. The summed E-state index contributed by atoms with van der Waals surface area (Å²) in [6.07, 6.45) is 5.60. The van der Waals surface area contributed by atoms with Crippen molar-refractivity contribution >= 4 is 11.9 Å². The molecule has 1 atom stereocenters. The molecule has 0 radical (unpaired) electrons. The van der Waals surface area contributed by atoms with E-state index in [1.165, 1.54) is 20.3 Å². The van der Waals surface area contributed by atoms with Crippen LogP contribution in [0.3, 0.4) is 0 Å². The van der Waals surface area contributed by atoms with Gasteiger partial charge in [-0.05, 0) is 32.6 Å². The van der Waals surface area contributed by atoms with Crippen LogP contribution in [0.15, 0.2) is 23.3 Å². The Bertz CT molecular complexity index is 366. The second-order valence-electron chi connectivity index (χ2n) is 4.56. The molecule has 0 aromatic heterocycles. The third-order valence-electron chi connectivity index (χ3n) is 3.09. The maximum absolute atomic E-state index is 11.2. The predicted octanol–water partition coefficient (Wildman–Crippen LogP) is 3.03. The fourth-order valence-electron chi connectivity index (χ4n) is 1.75. The van der Waals surface area contributed by atoms with Gasteiger partial charge in [0.1, 0.15) is 0 Å². The summed E-state index contributed by atoms with van der Waals surface area (Å²) in [6, 6.07) is 0. The number of carbonyl (C=O) groups is 2.